The fraction of sp³-hybridized carbons (Fsp3) is 0.250. The van der Waals surface area contributed by atoms with E-state index in [-0.39, 0.29) is 11.3 Å². The van der Waals surface area contributed by atoms with Crippen LogP contribution in [-0.2, 0) is 17.3 Å². The van der Waals surface area contributed by atoms with Gasteiger partial charge in [-0.3, -0.25) is 4.79 Å². The Morgan fingerprint density at radius 2 is 1.69 bits per heavy atom. The van der Waals surface area contributed by atoms with Crippen molar-refractivity contribution in [3.63, 3.8) is 0 Å². The fourth-order valence-corrected chi connectivity index (χ4v) is 5.82. The average Bonchev–Trinajstić information content (AvgIpc) is 3.19. The number of carbonyl (C=O) groups excluding carboxylic acids is 1. The van der Waals surface area contributed by atoms with Crippen LogP contribution in [0.15, 0.2) is 72.8 Å². The Bertz CT molecular complexity index is 1430. The van der Waals surface area contributed by atoms with Crippen LogP contribution in [0.5, 0.6) is 0 Å². The van der Waals surface area contributed by atoms with E-state index in [0.717, 1.165) is 12.1 Å². The number of aryl methyl sites for hydroxylation is 1. The van der Waals surface area contributed by atoms with Gasteiger partial charge in [0, 0.05) is 52.9 Å². The third-order valence-electron chi connectivity index (χ3n) is 7.59. The first-order valence-electron chi connectivity index (χ1n) is 11.3. The number of benzene rings is 3. The summed E-state index contributed by atoms with van der Waals surface area (Å²) in [5.74, 6) is 0.107. The number of para-hydroxylation sites is 2. The molecule has 2 aliphatic rings. The van der Waals surface area contributed by atoms with Crippen molar-refractivity contribution in [3.05, 3.63) is 83.9 Å². The fourth-order valence-electron chi connectivity index (χ4n) is 5.82. The highest BCUT2D eigenvalue weighted by molar-refractivity contribution is 6.08. The Kier molecular flexibility index (Phi) is 3.89. The summed E-state index contributed by atoms with van der Waals surface area (Å²) in [5.41, 5.74) is 5.22. The molecule has 160 valence electrons. The van der Waals surface area contributed by atoms with E-state index in [4.69, 9.17) is 0 Å². The van der Waals surface area contributed by atoms with Gasteiger partial charge in [-0.25, -0.2) is 0 Å². The summed E-state index contributed by atoms with van der Waals surface area (Å²) in [6.45, 7) is 5.18. The molecule has 0 spiro atoms. The topological polar surface area (TPSA) is 37.3 Å². The number of carbonyl (C=O) groups is 1. The van der Waals surface area contributed by atoms with Crippen molar-refractivity contribution in [3.8, 4) is 0 Å². The molecule has 1 saturated heterocycles. The number of rotatable bonds is 2. The van der Waals surface area contributed by atoms with Crippen LogP contribution < -0.4 is 10.2 Å². The van der Waals surface area contributed by atoms with Crippen molar-refractivity contribution >= 4 is 39.5 Å². The molecule has 1 N–H and O–H groups in total. The Morgan fingerprint density at radius 3 is 2.56 bits per heavy atom. The highest BCUT2D eigenvalue weighted by Gasteiger charge is 2.57. The van der Waals surface area contributed by atoms with Gasteiger partial charge in [0.25, 0.3) is 0 Å². The number of aromatic nitrogens is 1. The summed E-state index contributed by atoms with van der Waals surface area (Å²) >= 11 is 0. The van der Waals surface area contributed by atoms with Crippen molar-refractivity contribution in [1.29, 1.82) is 0 Å². The van der Waals surface area contributed by atoms with Crippen LogP contribution in [0.4, 0.5) is 5.69 Å². The summed E-state index contributed by atoms with van der Waals surface area (Å²) in [6.07, 6.45) is 4.89. The van der Waals surface area contributed by atoms with Gasteiger partial charge in [-0.15, -0.1) is 0 Å². The molecule has 4 nitrogen and oxygen atoms in total. The van der Waals surface area contributed by atoms with E-state index in [0.29, 0.717) is 6.42 Å². The molecule has 3 aromatic carbocycles. The Balaban J connectivity index is 1.48. The molecule has 1 atom stereocenters. The molecule has 0 bridgehead atoms. The summed E-state index contributed by atoms with van der Waals surface area (Å²) in [4.78, 5) is 15.0. The molecule has 1 fully saturated rings. The number of amides is 1. The van der Waals surface area contributed by atoms with Crippen molar-refractivity contribution in [2.75, 3.05) is 11.4 Å². The predicted molar refractivity (Wildman–Crippen MR) is 132 cm³/mol. The SMILES string of the molecule is Cn1c2ccccc2c2ccc(/C=C\[C@@]34NC(=O)CCN3c3ccccc3C4(C)C)cc21. The average molecular weight is 422 g/mol. The third kappa shape index (κ3) is 2.41. The first-order valence-corrected chi connectivity index (χ1v) is 11.3. The third-order valence-corrected chi connectivity index (χ3v) is 7.59. The van der Waals surface area contributed by atoms with Crippen molar-refractivity contribution in [1.82, 2.24) is 9.88 Å². The van der Waals surface area contributed by atoms with E-state index in [9.17, 15) is 4.79 Å². The molecule has 4 heteroatoms. The lowest BCUT2D eigenvalue weighted by Crippen LogP contribution is -2.68. The maximum atomic E-state index is 12.6. The summed E-state index contributed by atoms with van der Waals surface area (Å²) in [5, 5.41) is 5.90. The summed E-state index contributed by atoms with van der Waals surface area (Å²) < 4.78 is 2.25. The number of fused-ring (bicyclic) bond motifs is 6. The minimum atomic E-state index is -0.583. The molecule has 32 heavy (non-hydrogen) atoms. The molecule has 1 amide bonds. The molecule has 2 aliphatic heterocycles. The first-order chi connectivity index (χ1) is 15.4. The number of nitrogens with one attached hydrogen (secondary N) is 1. The molecule has 0 aliphatic carbocycles. The quantitative estimate of drug-likeness (QED) is 0.473. The summed E-state index contributed by atoms with van der Waals surface area (Å²) in [7, 11) is 2.12. The van der Waals surface area contributed by atoms with Gasteiger partial charge in [-0.1, -0.05) is 68.5 Å². The summed E-state index contributed by atoms with van der Waals surface area (Å²) in [6, 6.07) is 23.7. The monoisotopic (exact) mass is 421 g/mol. The Morgan fingerprint density at radius 1 is 0.938 bits per heavy atom. The van der Waals surface area contributed by atoms with Gasteiger partial charge in [0.2, 0.25) is 5.91 Å². The maximum Gasteiger partial charge on any atom is 0.223 e. The zero-order valence-corrected chi connectivity index (χ0v) is 18.7. The highest BCUT2D eigenvalue weighted by atomic mass is 16.2. The van der Waals surface area contributed by atoms with Crippen LogP contribution in [-0.4, -0.2) is 22.7 Å². The maximum absolute atomic E-state index is 12.6. The lowest BCUT2D eigenvalue weighted by atomic mass is 9.74. The smallest absolute Gasteiger partial charge is 0.223 e. The van der Waals surface area contributed by atoms with Gasteiger partial charge in [0.05, 0.1) is 0 Å². The zero-order chi connectivity index (χ0) is 22.1. The highest BCUT2D eigenvalue weighted by Crippen LogP contribution is 2.52. The molecule has 0 radical (unpaired) electrons. The second kappa shape index (κ2) is 6.49. The van der Waals surface area contributed by atoms with Crippen molar-refractivity contribution in [2.45, 2.75) is 31.3 Å². The van der Waals surface area contributed by atoms with Gasteiger partial charge < -0.3 is 14.8 Å². The van der Waals surface area contributed by atoms with Gasteiger partial charge in [0.1, 0.15) is 5.66 Å². The Labute approximate surface area is 188 Å². The van der Waals surface area contributed by atoms with E-state index in [2.05, 4.69) is 115 Å². The molecule has 1 aromatic heterocycles. The Hall–Kier alpha value is -3.53. The van der Waals surface area contributed by atoms with Gasteiger partial charge >= 0.3 is 0 Å². The van der Waals surface area contributed by atoms with Crippen molar-refractivity contribution in [2.24, 2.45) is 7.05 Å². The number of nitrogens with zero attached hydrogens (tertiary/aromatic N) is 2. The molecule has 0 saturated carbocycles. The second-order valence-electron chi connectivity index (χ2n) is 9.54. The molecular weight excluding hydrogens is 394 g/mol. The van der Waals surface area contributed by atoms with Crippen LogP contribution in [0.3, 0.4) is 0 Å². The van der Waals surface area contributed by atoms with Crippen LogP contribution in [0, 0.1) is 0 Å². The zero-order valence-electron chi connectivity index (χ0n) is 18.7. The predicted octanol–water partition coefficient (Wildman–Crippen LogP) is 5.36. The lowest BCUT2D eigenvalue weighted by Gasteiger charge is -2.49. The van der Waals surface area contributed by atoms with E-state index < -0.39 is 5.66 Å². The van der Waals surface area contributed by atoms with E-state index in [1.54, 1.807) is 0 Å². The van der Waals surface area contributed by atoms with Crippen LogP contribution >= 0.6 is 0 Å². The minimum absolute atomic E-state index is 0.107. The van der Waals surface area contributed by atoms with E-state index in [1.165, 1.54) is 33.1 Å². The number of hydrogen-bond donors (Lipinski definition) is 1. The lowest BCUT2D eigenvalue weighted by molar-refractivity contribution is -0.124. The molecule has 0 unspecified atom stereocenters. The van der Waals surface area contributed by atoms with Gasteiger partial charge in [-0.2, -0.15) is 0 Å². The molecular formula is C28H27N3O. The molecule has 4 aromatic rings. The molecule has 6 rings (SSSR count). The molecule has 3 heterocycles. The second-order valence-corrected chi connectivity index (χ2v) is 9.54. The van der Waals surface area contributed by atoms with Crippen LogP contribution in [0.1, 0.15) is 31.4 Å². The number of hydrogen-bond acceptors (Lipinski definition) is 2. The van der Waals surface area contributed by atoms with Crippen LogP contribution in [0.2, 0.25) is 0 Å². The standard InChI is InChI=1S/C28H27N3O/c1-27(2)22-9-5-7-11-24(22)31-17-15-26(32)29-28(27,31)16-14-19-12-13-21-20-8-4-6-10-23(20)30(3)25(21)18-19/h4-14,16,18H,15,17H2,1-3H3,(H,29,32)/b16-14-/t28-/m1/s1. The normalized spacial score (nSPS) is 21.8. The number of anilines is 1. The van der Waals surface area contributed by atoms with E-state index >= 15 is 0 Å². The largest absolute Gasteiger partial charge is 0.344 e. The van der Waals surface area contributed by atoms with Gasteiger partial charge in [0.15, 0.2) is 0 Å². The first kappa shape index (κ1) is 19.2. The van der Waals surface area contributed by atoms with Gasteiger partial charge in [-0.05, 0) is 35.4 Å². The van der Waals surface area contributed by atoms with E-state index in [1.807, 2.05) is 0 Å². The van der Waals surface area contributed by atoms with Crippen LogP contribution in [0.25, 0.3) is 27.9 Å². The minimum Gasteiger partial charge on any atom is -0.344 e. The van der Waals surface area contributed by atoms with Crippen molar-refractivity contribution < 1.29 is 4.79 Å².